The van der Waals surface area contributed by atoms with Crippen molar-refractivity contribution >= 4 is 22.7 Å². The molecule has 5 nitrogen and oxygen atoms in total. The second kappa shape index (κ2) is 18.9. The second-order valence-corrected chi connectivity index (χ2v) is 18.8. The van der Waals surface area contributed by atoms with Crippen molar-refractivity contribution in [2.75, 3.05) is 9.80 Å². The quantitative estimate of drug-likeness (QED) is 0.117. The van der Waals surface area contributed by atoms with Gasteiger partial charge in [0.15, 0.2) is 0 Å². The summed E-state index contributed by atoms with van der Waals surface area (Å²) >= 11 is 0. The Balaban J connectivity index is 0.764. The first-order chi connectivity index (χ1) is 33.9. The van der Waals surface area contributed by atoms with Crippen LogP contribution in [0.4, 0.5) is 22.7 Å². The van der Waals surface area contributed by atoms with Crippen molar-refractivity contribution in [1.82, 2.24) is 15.3 Å². The number of anilines is 4. The molecule has 0 radical (unpaired) electrons. The number of nitrogens with zero attached hydrogens (tertiary/aromatic N) is 4. The third-order valence-corrected chi connectivity index (χ3v) is 14.2. The predicted octanol–water partition coefficient (Wildman–Crippen LogP) is 16.4. The highest BCUT2D eigenvalue weighted by Crippen LogP contribution is 2.47. The minimum Gasteiger partial charge on any atom is -0.366 e. The maximum atomic E-state index is 4.66. The van der Waals surface area contributed by atoms with Gasteiger partial charge in [0.25, 0.3) is 0 Å². The van der Waals surface area contributed by atoms with Crippen LogP contribution in [0, 0.1) is 27.7 Å². The lowest BCUT2D eigenvalue weighted by Crippen LogP contribution is -2.30. The van der Waals surface area contributed by atoms with E-state index in [0.29, 0.717) is 0 Å². The van der Waals surface area contributed by atoms with E-state index in [0.717, 1.165) is 52.4 Å². The van der Waals surface area contributed by atoms with Crippen molar-refractivity contribution in [1.29, 1.82) is 0 Å². The lowest BCUT2D eigenvalue weighted by atomic mass is 9.87. The fourth-order valence-electron chi connectivity index (χ4n) is 10.6. The van der Waals surface area contributed by atoms with Gasteiger partial charge in [0, 0.05) is 64.1 Å². The summed E-state index contributed by atoms with van der Waals surface area (Å²) in [5.41, 5.74) is 25.9. The molecule has 0 aliphatic carbocycles. The Morgan fingerprint density at radius 1 is 0.449 bits per heavy atom. The summed E-state index contributed by atoms with van der Waals surface area (Å²) in [5.74, 6) is 0. The van der Waals surface area contributed by atoms with Gasteiger partial charge in [-0.15, -0.1) is 0 Å². The van der Waals surface area contributed by atoms with E-state index in [2.05, 4.69) is 217 Å². The summed E-state index contributed by atoms with van der Waals surface area (Å²) in [6.45, 7) is 9.12. The van der Waals surface area contributed by atoms with Crippen LogP contribution in [0.3, 0.4) is 0 Å². The van der Waals surface area contributed by atoms with Crippen LogP contribution < -0.4 is 15.1 Å². The van der Waals surface area contributed by atoms with Gasteiger partial charge in [0.2, 0.25) is 0 Å². The summed E-state index contributed by atoms with van der Waals surface area (Å²) < 4.78 is 0. The highest BCUT2D eigenvalue weighted by Gasteiger charge is 2.32. The molecule has 2 aliphatic heterocycles. The summed E-state index contributed by atoms with van der Waals surface area (Å²) in [6, 6.07) is 64.0. The topological polar surface area (TPSA) is 44.3 Å². The highest BCUT2D eigenvalue weighted by atomic mass is 15.3. The number of fused-ring (bicyclic) bond motifs is 6. The van der Waals surface area contributed by atoms with Crippen molar-refractivity contribution < 1.29 is 0 Å². The second-order valence-electron chi connectivity index (χ2n) is 18.8. The summed E-state index contributed by atoms with van der Waals surface area (Å²) in [4.78, 5) is 14.0. The molecule has 338 valence electrons. The van der Waals surface area contributed by atoms with Gasteiger partial charge < -0.3 is 15.1 Å². The number of unbranched alkanes of at least 4 members (excludes halogenated alkanes) is 2. The maximum absolute atomic E-state index is 4.66. The standard InChI is InChI=1S/C64H57N5/c1-43-38-58(47-26-29-53(30-27-47)69(54-20-14-18-51(40-54)61-24-10-12-32-65-61)55-21-15-19-52(41-55)62-25-11-13-33-66-62)45(3)36-48(43)16-6-5-7-17-49-37-46(4)59(39-44(49)2)50-28-31-63-60(42-50)56-22-8-9-23-57(56)64-67-34-35-68(63)64/h8-15,18-42,64,67H,5-7,16-17H2,1-4H3. The fraction of sp³-hybridized carbons (Fsp3) is 0.156. The first-order valence-electron chi connectivity index (χ1n) is 24.4. The van der Waals surface area contributed by atoms with E-state index < -0.39 is 0 Å². The molecule has 0 saturated heterocycles. The molecule has 9 aromatic rings. The van der Waals surface area contributed by atoms with Crippen molar-refractivity contribution in [3.63, 3.8) is 0 Å². The highest BCUT2D eigenvalue weighted by molar-refractivity contribution is 5.90. The van der Waals surface area contributed by atoms with E-state index >= 15 is 0 Å². The number of rotatable bonds is 13. The SMILES string of the molecule is Cc1cc(-c2ccc(N(c3cccc(-c4ccccn4)c3)c3cccc(-c4ccccn4)c3)cc2)c(C)cc1CCCCCc1cc(C)c(-c2ccc3c(c2)-c2ccccc2C2NC=CN32)cc1C. The Kier molecular flexibility index (Phi) is 11.9. The van der Waals surface area contributed by atoms with Gasteiger partial charge in [-0.25, -0.2) is 0 Å². The van der Waals surface area contributed by atoms with Crippen LogP contribution in [0.25, 0.3) is 55.9 Å². The lowest BCUT2D eigenvalue weighted by Gasteiger charge is -2.34. The minimum atomic E-state index is 0.161. The normalized spacial score (nSPS) is 13.4. The van der Waals surface area contributed by atoms with Crippen LogP contribution >= 0.6 is 0 Å². The van der Waals surface area contributed by atoms with Gasteiger partial charge in [-0.2, -0.15) is 0 Å². The van der Waals surface area contributed by atoms with Crippen LogP contribution in [0.5, 0.6) is 0 Å². The molecule has 7 aromatic carbocycles. The zero-order valence-electron chi connectivity index (χ0n) is 40.0. The van der Waals surface area contributed by atoms with E-state index in [1.807, 2.05) is 36.7 Å². The molecule has 1 atom stereocenters. The van der Waals surface area contributed by atoms with E-state index in [1.54, 1.807) is 0 Å². The van der Waals surface area contributed by atoms with E-state index in [1.165, 1.54) is 97.3 Å². The van der Waals surface area contributed by atoms with Crippen molar-refractivity contribution in [3.05, 3.63) is 240 Å². The molecule has 0 saturated carbocycles. The molecule has 2 aromatic heterocycles. The maximum Gasteiger partial charge on any atom is 0.130 e. The molecule has 5 heteroatoms. The van der Waals surface area contributed by atoms with Gasteiger partial charge in [-0.05, 0) is 187 Å². The summed E-state index contributed by atoms with van der Waals surface area (Å²) in [5, 5.41) is 3.53. The molecular formula is C64H57N5. The molecule has 4 heterocycles. The number of nitrogens with one attached hydrogen (secondary N) is 1. The zero-order chi connectivity index (χ0) is 46.8. The predicted molar refractivity (Wildman–Crippen MR) is 288 cm³/mol. The number of pyridine rings is 2. The summed E-state index contributed by atoms with van der Waals surface area (Å²) in [7, 11) is 0. The smallest absolute Gasteiger partial charge is 0.130 e. The summed E-state index contributed by atoms with van der Waals surface area (Å²) in [6.07, 6.45) is 13.9. The first-order valence-corrected chi connectivity index (χ1v) is 24.4. The molecular weight excluding hydrogens is 839 g/mol. The first kappa shape index (κ1) is 43.5. The van der Waals surface area contributed by atoms with E-state index in [4.69, 9.17) is 0 Å². The Morgan fingerprint density at radius 3 is 1.64 bits per heavy atom. The Hall–Kier alpha value is -8.02. The zero-order valence-corrected chi connectivity index (χ0v) is 40.0. The molecule has 0 fully saturated rings. The van der Waals surface area contributed by atoms with E-state index in [9.17, 15) is 0 Å². The number of aromatic nitrogens is 2. The van der Waals surface area contributed by atoms with Crippen LogP contribution in [-0.4, -0.2) is 9.97 Å². The molecule has 1 unspecified atom stereocenters. The van der Waals surface area contributed by atoms with Crippen LogP contribution in [0.15, 0.2) is 201 Å². The monoisotopic (exact) mass is 895 g/mol. The average molecular weight is 896 g/mol. The Morgan fingerprint density at radius 2 is 1.03 bits per heavy atom. The fourth-order valence-corrected chi connectivity index (χ4v) is 10.6. The van der Waals surface area contributed by atoms with Gasteiger partial charge in [-0.1, -0.05) is 110 Å². The molecule has 0 spiro atoms. The third kappa shape index (κ3) is 8.73. The molecule has 69 heavy (non-hydrogen) atoms. The Bertz CT molecular complexity index is 3250. The Labute approximate surface area is 407 Å². The number of hydrogen-bond acceptors (Lipinski definition) is 5. The third-order valence-electron chi connectivity index (χ3n) is 14.2. The van der Waals surface area contributed by atoms with Crippen molar-refractivity contribution in [2.24, 2.45) is 0 Å². The molecule has 11 rings (SSSR count). The number of aryl methyl sites for hydroxylation is 6. The minimum absolute atomic E-state index is 0.161. The van der Waals surface area contributed by atoms with E-state index in [-0.39, 0.29) is 6.17 Å². The van der Waals surface area contributed by atoms with Gasteiger partial charge >= 0.3 is 0 Å². The number of hydrogen-bond donors (Lipinski definition) is 1. The molecule has 0 amide bonds. The molecule has 0 bridgehead atoms. The number of benzene rings is 7. The van der Waals surface area contributed by atoms with Crippen LogP contribution in [-0.2, 0) is 12.8 Å². The lowest BCUT2D eigenvalue weighted by molar-refractivity contribution is 0.663. The van der Waals surface area contributed by atoms with Crippen molar-refractivity contribution in [2.45, 2.75) is 66.0 Å². The largest absolute Gasteiger partial charge is 0.366 e. The van der Waals surface area contributed by atoms with Gasteiger partial charge in [-0.3, -0.25) is 9.97 Å². The van der Waals surface area contributed by atoms with Gasteiger partial charge in [0.05, 0.1) is 17.1 Å². The van der Waals surface area contributed by atoms with Gasteiger partial charge in [0.1, 0.15) is 6.17 Å². The van der Waals surface area contributed by atoms with Crippen molar-refractivity contribution in [3.8, 4) is 55.9 Å². The molecule has 1 N–H and O–H groups in total. The van der Waals surface area contributed by atoms with Crippen LogP contribution in [0.2, 0.25) is 0 Å². The average Bonchev–Trinajstić information content (AvgIpc) is 3.90. The molecule has 2 aliphatic rings. The van der Waals surface area contributed by atoms with Crippen LogP contribution in [0.1, 0.15) is 64.4 Å².